The lowest BCUT2D eigenvalue weighted by Gasteiger charge is -2.32. The van der Waals surface area contributed by atoms with Crippen LogP contribution in [0.3, 0.4) is 0 Å². The lowest BCUT2D eigenvalue weighted by Crippen LogP contribution is -2.41. The molecule has 1 saturated heterocycles. The average Bonchev–Trinajstić information content (AvgIpc) is 2.58. The summed E-state index contributed by atoms with van der Waals surface area (Å²) in [5.74, 6) is 1.43. The maximum atomic E-state index is 5.94. The van der Waals surface area contributed by atoms with Gasteiger partial charge in [-0.1, -0.05) is 6.92 Å². The minimum atomic E-state index is -0.153. The molecule has 1 heterocycles. The first kappa shape index (κ1) is 9.54. The van der Waals surface area contributed by atoms with Crippen LogP contribution in [0.25, 0.3) is 0 Å². The molecule has 2 rings (SSSR count). The van der Waals surface area contributed by atoms with E-state index in [1.807, 2.05) is 0 Å². The fourth-order valence-electron chi connectivity index (χ4n) is 1.79. The number of rotatable bonds is 1. The minimum absolute atomic E-state index is 0.0417. The summed E-state index contributed by atoms with van der Waals surface area (Å²) < 4.78 is 11.9. The van der Waals surface area contributed by atoms with Gasteiger partial charge in [-0.25, -0.2) is 0 Å². The molecule has 2 nitrogen and oxygen atoms in total. The lowest BCUT2D eigenvalue weighted by atomic mass is 9.81. The summed E-state index contributed by atoms with van der Waals surface area (Å²) >= 11 is 0. The van der Waals surface area contributed by atoms with E-state index in [1.54, 1.807) is 0 Å². The van der Waals surface area contributed by atoms with Crippen molar-refractivity contribution in [3.8, 4) is 0 Å². The fourth-order valence-corrected chi connectivity index (χ4v) is 1.79. The van der Waals surface area contributed by atoms with Gasteiger partial charge >= 0.3 is 7.12 Å². The summed E-state index contributed by atoms with van der Waals surface area (Å²) in [7, 11) is 0.0417. The topological polar surface area (TPSA) is 18.5 Å². The molecular formula is C10H19BO2. The molecular weight excluding hydrogens is 163 g/mol. The van der Waals surface area contributed by atoms with E-state index in [0.29, 0.717) is 5.82 Å². The zero-order chi connectivity index (χ0) is 9.85. The van der Waals surface area contributed by atoms with E-state index >= 15 is 0 Å². The van der Waals surface area contributed by atoms with Crippen molar-refractivity contribution in [1.29, 1.82) is 0 Å². The molecule has 0 unspecified atom stereocenters. The highest BCUT2D eigenvalue weighted by Crippen LogP contribution is 2.52. The van der Waals surface area contributed by atoms with Crippen molar-refractivity contribution in [1.82, 2.24) is 0 Å². The summed E-state index contributed by atoms with van der Waals surface area (Å²) in [5, 5.41) is 0. The van der Waals surface area contributed by atoms with Crippen molar-refractivity contribution in [3.63, 3.8) is 0 Å². The highest BCUT2D eigenvalue weighted by atomic mass is 16.7. The van der Waals surface area contributed by atoms with Crippen LogP contribution in [0.4, 0.5) is 0 Å². The van der Waals surface area contributed by atoms with E-state index in [1.165, 1.54) is 6.42 Å². The predicted molar refractivity (Wildman–Crippen MR) is 53.6 cm³/mol. The molecule has 13 heavy (non-hydrogen) atoms. The van der Waals surface area contributed by atoms with Crippen LogP contribution in [0.15, 0.2) is 0 Å². The van der Waals surface area contributed by atoms with Gasteiger partial charge in [0.25, 0.3) is 0 Å². The quantitative estimate of drug-likeness (QED) is 0.580. The van der Waals surface area contributed by atoms with Gasteiger partial charge < -0.3 is 9.31 Å². The normalized spacial score (nSPS) is 40.8. The molecule has 74 valence electrons. The lowest BCUT2D eigenvalue weighted by molar-refractivity contribution is 0.00578. The highest BCUT2D eigenvalue weighted by Gasteiger charge is 2.58. The summed E-state index contributed by atoms with van der Waals surface area (Å²) in [6.07, 6.45) is 1.26. The van der Waals surface area contributed by atoms with Gasteiger partial charge in [0.1, 0.15) is 0 Å². The Morgan fingerprint density at radius 1 is 1.08 bits per heavy atom. The minimum Gasteiger partial charge on any atom is -0.403 e. The average molecular weight is 182 g/mol. The maximum Gasteiger partial charge on any atom is 0.461 e. The number of hydrogen-bond donors (Lipinski definition) is 0. The fraction of sp³-hybridized carbons (Fsp3) is 1.00. The SMILES string of the molecule is C[C@@H]1C[C@H]1B1OC(C)(C)C(C)(C)O1. The van der Waals surface area contributed by atoms with Crippen LogP contribution >= 0.6 is 0 Å². The first-order valence-corrected chi connectivity index (χ1v) is 5.19. The molecule has 0 aromatic carbocycles. The molecule has 0 amide bonds. The third-order valence-electron chi connectivity index (χ3n) is 3.79. The van der Waals surface area contributed by atoms with Crippen LogP contribution < -0.4 is 0 Å². The Morgan fingerprint density at radius 2 is 1.46 bits per heavy atom. The Morgan fingerprint density at radius 3 is 1.77 bits per heavy atom. The Labute approximate surface area is 81.1 Å². The van der Waals surface area contributed by atoms with Crippen LogP contribution in [0, 0.1) is 5.92 Å². The molecule has 3 heteroatoms. The standard InChI is InChI=1S/C10H19BO2/c1-7-6-8(7)11-12-9(2,3)10(4,5)13-11/h7-8H,6H2,1-5H3/t7-,8-/m1/s1. The van der Waals surface area contributed by atoms with Gasteiger partial charge in [-0.3, -0.25) is 0 Å². The van der Waals surface area contributed by atoms with Crippen LogP contribution in [0.2, 0.25) is 5.82 Å². The Bertz CT molecular complexity index is 209. The molecule has 2 fully saturated rings. The van der Waals surface area contributed by atoms with E-state index in [2.05, 4.69) is 34.6 Å². The van der Waals surface area contributed by atoms with Gasteiger partial charge in [-0.05, 0) is 45.9 Å². The number of hydrogen-bond acceptors (Lipinski definition) is 2. The van der Waals surface area contributed by atoms with Gasteiger partial charge in [-0.2, -0.15) is 0 Å². The molecule has 0 radical (unpaired) electrons. The van der Waals surface area contributed by atoms with Crippen molar-refractivity contribution < 1.29 is 9.31 Å². The predicted octanol–water partition coefficient (Wildman–Crippen LogP) is 2.49. The molecule has 1 aliphatic heterocycles. The van der Waals surface area contributed by atoms with Crippen LogP contribution in [0.1, 0.15) is 41.0 Å². The maximum absolute atomic E-state index is 5.94. The van der Waals surface area contributed by atoms with Crippen molar-refractivity contribution in [2.24, 2.45) is 5.92 Å². The van der Waals surface area contributed by atoms with Gasteiger partial charge in [0, 0.05) is 0 Å². The molecule has 0 N–H and O–H groups in total. The van der Waals surface area contributed by atoms with E-state index in [4.69, 9.17) is 9.31 Å². The Hall–Kier alpha value is -0.0151. The monoisotopic (exact) mass is 182 g/mol. The van der Waals surface area contributed by atoms with E-state index < -0.39 is 0 Å². The summed E-state index contributed by atoms with van der Waals surface area (Å²) in [6, 6.07) is 0. The zero-order valence-electron chi connectivity index (χ0n) is 9.26. The van der Waals surface area contributed by atoms with Crippen molar-refractivity contribution in [2.45, 2.75) is 58.1 Å². The van der Waals surface area contributed by atoms with E-state index in [-0.39, 0.29) is 18.3 Å². The van der Waals surface area contributed by atoms with Crippen LogP contribution in [-0.4, -0.2) is 18.3 Å². The van der Waals surface area contributed by atoms with Crippen molar-refractivity contribution in [2.75, 3.05) is 0 Å². The zero-order valence-corrected chi connectivity index (χ0v) is 9.26. The van der Waals surface area contributed by atoms with Crippen LogP contribution in [0.5, 0.6) is 0 Å². The molecule has 2 aliphatic rings. The second kappa shape index (κ2) is 2.51. The molecule has 1 saturated carbocycles. The molecule has 0 spiro atoms. The molecule has 0 aromatic heterocycles. The summed E-state index contributed by atoms with van der Waals surface area (Å²) in [6.45, 7) is 10.7. The molecule has 1 aliphatic carbocycles. The third kappa shape index (κ3) is 1.42. The largest absolute Gasteiger partial charge is 0.461 e. The second-order valence-electron chi connectivity index (χ2n) is 5.50. The van der Waals surface area contributed by atoms with Crippen molar-refractivity contribution >= 4 is 7.12 Å². The van der Waals surface area contributed by atoms with E-state index in [0.717, 1.165) is 5.92 Å². The molecule has 2 atom stereocenters. The highest BCUT2D eigenvalue weighted by molar-refractivity contribution is 6.48. The van der Waals surface area contributed by atoms with E-state index in [9.17, 15) is 0 Å². The first-order chi connectivity index (χ1) is 5.83. The molecule has 0 bridgehead atoms. The second-order valence-corrected chi connectivity index (χ2v) is 5.50. The molecule has 0 aromatic rings. The van der Waals surface area contributed by atoms with Crippen molar-refractivity contribution in [3.05, 3.63) is 0 Å². The Kier molecular flexibility index (Phi) is 1.84. The van der Waals surface area contributed by atoms with Gasteiger partial charge in [0.15, 0.2) is 0 Å². The van der Waals surface area contributed by atoms with Crippen LogP contribution in [-0.2, 0) is 9.31 Å². The summed E-state index contributed by atoms with van der Waals surface area (Å²) in [4.78, 5) is 0. The van der Waals surface area contributed by atoms with Gasteiger partial charge in [-0.15, -0.1) is 0 Å². The Balaban J connectivity index is 2.07. The first-order valence-electron chi connectivity index (χ1n) is 5.19. The van der Waals surface area contributed by atoms with Gasteiger partial charge in [0.2, 0.25) is 0 Å². The van der Waals surface area contributed by atoms with Gasteiger partial charge in [0.05, 0.1) is 11.2 Å². The smallest absolute Gasteiger partial charge is 0.403 e. The summed E-state index contributed by atoms with van der Waals surface area (Å²) in [5.41, 5.74) is -0.306. The third-order valence-corrected chi connectivity index (χ3v) is 3.79.